The normalized spacial score (nSPS) is 12.7. The summed E-state index contributed by atoms with van der Waals surface area (Å²) < 4.78 is 61.3. The van der Waals surface area contributed by atoms with Gasteiger partial charge in [-0.2, -0.15) is 21.6 Å². The summed E-state index contributed by atoms with van der Waals surface area (Å²) in [5.41, 5.74) is -5.52. The minimum Gasteiger partial charge on any atom is -0.272 e. The second kappa shape index (κ2) is 5.19. The first kappa shape index (κ1) is 16.1. The van der Waals surface area contributed by atoms with Gasteiger partial charge in [-0.1, -0.05) is 23.2 Å². The van der Waals surface area contributed by atoms with Crippen LogP contribution in [0.25, 0.3) is 10.9 Å². The van der Waals surface area contributed by atoms with Crippen molar-refractivity contribution >= 4 is 49.8 Å². The van der Waals surface area contributed by atoms with Crippen LogP contribution in [0, 0.1) is 6.92 Å². The Kier molecular flexibility index (Phi) is 3.98. The van der Waals surface area contributed by atoms with E-state index in [1.54, 1.807) is 13.0 Å². The number of alkyl halides is 3. The van der Waals surface area contributed by atoms with E-state index in [1.807, 2.05) is 0 Å². The maximum absolute atomic E-state index is 12.5. The second-order valence-corrected chi connectivity index (χ2v) is 6.60. The summed E-state index contributed by atoms with van der Waals surface area (Å²) in [5.74, 6) is 0. The first-order chi connectivity index (χ1) is 9.53. The van der Waals surface area contributed by atoms with Crippen molar-refractivity contribution in [1.82, 2.24) is 4.98 Å². The number of nitrogens with one attached hydrogen (secondary N) is 1. The molecule has 4 nitrogen and oxygen atoms in total. The molecule has 0 saturated carbocycles. The first-order valence-corrected chi connectivity index (χ1v) is 7.61. The maximum atomic E-state index is 12.5. The number of aryl methyl sites for hydroxylation is 1. The monoisotopic (exact) mass is 358 g/mol. The van der Waals surface area contributed by atoms with Gasteiger partial charge in [0.2, 0.25) is 0 Å². The van der Waals surface area contributed by atoms with Gasteiger partial charge in [0.15, 0.2) is 0 Å². The van der Waals surface area contributed by atoms with Crippen LogP contribution in [0.5, 0.6) is 0 Å². The smallest absolute Gasteiger partial charge is 0.272 e. The van der Waals surface area contributed by atoms with Gasteiger partial charge in [-0.05, 0) is 25.1 Å². The lowest BCUT2D eigenvalue weighted by molar-refractivity contribution is -0.0429. The maximum Gasteiger partial charge on any atom is 0.516 e. The summed E-state index contributed by atoms with van der Waals surface area (Å²) >= 11 is 11.7. The molecule has 0 radical (unpaired) electrons. The predicted octanol–water partition coefficient (Wildman–Crippen LogP) is 4.11. The number of fused-ring (bicyclic) bond motifs is 1. The summed E-state index contributed by atoms with van der Waals surface area (Å²) in [7, 11) is -5.61. The summed E-state index contributed by atoms with van der Waals surface area (Å²) in [6, 6.07) is 4.25. The molecule has 2 aromatic rings. The van der Waals surface area contributed by atoms with Crippen molar-refractivity contribution in [3.05, 3.63) is 33.9 Å². The van der Waals surface area contributed by atoms with Crippen molar-refractivity contribution in [3.63, 3.8) is 0 Å². The van der Waals surface area contributed by atoms with Crippen LogP contribution in [0.4, 0.5) is 18.9 Å². The number of pyridine rings is 1. The molecule has 0 saturated heterocycles. The van der Waals surface area contributed by atoms with Gasteiger partial charge >= 0.3 is 15.5 Å². The minimum atomic E-state index is -5.61. The van der Waals surface area contributed by atoms with Crippen LogP contribution in [0.3, 0.4) is 0 Å². The third-order valence-electron chi connectivity index (χ3n) is 2.56. The molecule has 0 spiro atoms. The molecule has 1 N–H and O–H groups in total. The molecule has 0 aliphatic heterocycles. The van der Waals surface area contributed by atoms with E-state index in [9.17, 15) is 21.6 Å². The van der Waals surface area contributed by atoms with E-state index in [4.69, 9.17) is 23.2 Å². The number of hydrogen-bond donors (Lipinski definition) is 1. The average molecular weight is 359 g/mol. The molecule has 1 heterocycles. The van der Waals surface area contributed by atoms with Crippen LogP contribution in [0.15, 0.2) is 18.2 Å². The lowest BCUT2D eigenvalue weighted by Gasteiger charge is -2.14. The highest BCUT2D eigenvalue weighted by atomic mass is 35.5. The van der Waals surface area contributed by atoms with Crippen molar-refractivity contribution in [2.45, 2.75) is 12.4 Å². The van der Waals surface area contributed by atoms with Crippen molar-refractivity contribution in [3.8, 4) is 0 Å². The van der Waals surface area contributed by atoms with Gasteiger partial charge in [0, 0.05) is 11.1 Å². The fourth-order valence-corrected chi connectivity index (χ4v) is 2.81. The molecule has 2 rings (SSSR count). The first-order valence-electron chi connectivity index (χ1n) is 5.37. The van der Waals surface area contributed by atoms with E-state index >= 15 is 0 Å². The largest absolute Gasteiger partial charge is 0.516 e. The third kappa shape index (κ3) is 3.02. The molecule has 1 aromatic heterocycles. The van der Waals surface area contributed by atoms with Gasteiger partial charge in [-0.15, -0.1) is 0 Å². The number of benzene rings is 1. The topological polar surface area (TPSA) is 59.1 Å². The van der Waals surface area contributed by atoms with E-state index in [0.29, 0.717) is 5.69 Å². The molecular formula is C11H7Cl2F3N2O2S. The predicted molar refractivity (Wildman–Crippen MR) is 75.1 cm³/mol. The van der Waals surface area contributed by atoms with Crippen molar-refractivity contribution in [2.24, 2.45) is 0 Å². The Labute approximate surface area is 127 Å². The zero-order chi connectivity index (χ0) is 16.0. The number of anilines is 1. The van der Waals surface area contributed by atoms with Crippen LogP contribution in [0.2, 0.25) is 10.0 Å². The molecule has 1 aromatic carbocycles. The van der Waals surface area contributed by atoms with Gasteiger partial charge in [-0.25, -0.2) is 0 Å². The lowest BCUT2D eigenvalue weighted by Crippen LogP contribution is -2.30. The van der Waals surface area contributed by atoms with Crippen molar-refractivity contribution < 1.29 is 21.6 Å². The van der Waals surface area contributed by atoms with Crippen LogP contribution in [-0.2, 0) is 10.0 Å². The molecule has 0 atom stereocenters. The van der Waals surface area contributed by atoms with E-state index < -0.39 is 21.2 Å². The van der Waals surface area contributed by atoms with Crippen molar-refractivity contribution in [2.75, 3.05) is 4.72 Å². The molecule has 114 valence electrons. The Morgan fingerprint density at radius 1 is 1.19 bits per heavy atom. The molecule has 10 heteroatoms. The molecule has 0 unspecified atom stereocenters. The average Bonchev–Trinajstić information content (AvgIpc) is 2.32. The number of halogens is 5. The number of aromatic nitrogens is 1. The van der Waals surface area contributed by atoms with Crippen LogP contribution >= 0.6 is 23.2 Å². The van der Waals surface area contributed by atoms with Crippen molar-refractivity contribution in [1.29, 1.82) is 0 Å². The van der Waals surface area contributed by atoms with E-state index in [0.717, 1.165) is 6.07 Å². The standard InChI is InChI=1S/C11H7Cl2F3N2O2S/c1-5-2-3-6-7(12)4-8(13)10(9(6)17-5)18-21(19,20)11(14,15)16/h2-4,18H,1H3. The molecular weight excluding hydrogens is 352 g/mol. The Balaban J connectivity index is 2.72. The lowest BCUT2D eigenvalue weighted by atomic mass is 10.2. The zero-order valence-corrected chi connectivity index (χ0v) is 12.6. The van der Waals surface area contributed by atoms with Gasteiger partial charge in [0.1, 0.15) is 0 Å². The quantitative estimate of drug-likeness (QED) is 0.878. The highest BCUT2D eigenvalue weighted by Gasteiger charge is 2.46. The number of nitrogens with zero attached hydrogens (tertiary/aromatic N) is 1. The third-order valence-corrected chi connectivity index (χ3v) is 4.26. The van der Waals surface area contributed by atoms with Crippen LogP contribution in [-0.4, -0.2) is 18.9 Å². The van der Waals surface area contributed by atoms with Gasteiger partial charge in [0.05, 0.1) is 21.2 Å². The Morgan fingerprint density at radius 3 is 2.38 bits per heavy atom. The molecule has 0 bridgehead atoms. The fraction of sp³-hybridized carbons (Fsp3) is 0.182. The summed E-state index contributed by atoms with van der Waals surface area (Å²) in [6.45, 7) is 1.59. The number of sulfonamides is 1. The fourth-order valence-electron chi connectivity index (χ4n) is 1.60. The number of rotatable bonds is 2. The SMILES string of the molecule is Cc1ccc2c(Cl)cc(Cl)c(NS(=O)(=O)C(F)(F)F)c2n1. The highest BCUT2D eigenvalue weighted by Crippen LogP contribution is 2.37. The Bertz CT molecular complexity index is 822. The highest BCUT2D eigenvalue weighted by molar-refractivity contribution is 7.93. The second-order valence-electron chi connectivity index (χ2n) is 4.12. The van der Waals surface area contributed by atoms with Crippen LogP contribution < -0.4 is 4.72 Å². The zero-order valence-electron chi connectivity index (χ0n) is 10.3. The van der Waals surface area contributed by atoms with Gasteiger partial charge in [-0.3, -0.25) is 9.71 Å². The molecule has 0 amide bonds. The summed E-state index contributed by atoms with van der Waals surface area (Å²) in [6.07, 6.45) is 0. The Hall–Kier alpha value is -1.25. The molecule has 0 aliphatic carbocycles. The number of hydrogen-bond acceptors (Lipinski definition) is 3. The van der Waals surface area contributed by atoms with E-state index in [2.05, 4.69) is 4.98 Å². The summed E-state index contributed by atoms with van der Waals surface area (Å²) in [4.78, 5) is 4.00. The molecule has 0 fully saturated rings. The van der Waals surface area contributed by atoms with Crippen LogP contribution in [0.1, 0.15) is 5.69 Å². The molecule has 0 aliphatic rings. The van der Waals surface area contributed by atoms with Gasteiger partial charge < -0.3 is 0 Å². The van der Waals surface area contributed by atoms with E-state index in [1.165, 1.54) is 10.8 Å². The Morgan fingerprint density at radius 2 is 1.81 bits per heavy atom. The minimum absolute atomic E-state index is 0.0553. The van der Waals surface area contributed by atoms with E-state index in [-0.39, 0.29) is 20.9 Å². The molecule has 21 heavy (non-hydrogen) atoms. The summed E-state index contributed by atoms with van der Waals surface area (Å²) in [5, 5.41) is 0.155. The van der Waals surface area contributed by atoms with Gasteiger partial charge in [0.25, 0.3) is 0 Å².